The Morgan fingerprint density at radius 1 is 1.37 bits per heavy atom. The summed E-state index contributed by atoms with van der Waals surface area (Å²) >= 11 is 0. The number of carbonyl (C=O) groups excluding carboxylic acids is 1. The van der Waals surface area contributed by atoms with Gasteiger partial charge in [0, 0.05) is 19.2 Å². The van der Waals surface area contributed by atoms with Crippen molar-refractivity contribution in [2.24, 2.45) is 0 Å². The molecule has 0 heterocycles. The first-order valence-corrected chi connectivity index (χ1v) is 6.55. The predicted molar refractivity (Wildman–Crippen MR) is 74.1 cm³/mol. The molecule has 1 rings (SSSR count). The number of aromatic hydroxyl groups is 1. The summed E-state index contributed by atoms with van der Waals surface area (Å²) < 4.78 is 0. The molecule has 1 aromatic rings. The maximum Gasteiger partial charge on any atom is 0.315 e. The van der Waals surface area contributed by atoms with E-state index in [1.807, 2.05) is 19.1 Å². The SMILES string of the molecule is CC(CCCO)NC(=O)NCCc1ccccc1O. The van der Waals surface area contributed by atoms with Crippen LogP contribution in [0.15, 0.2) is 24.3 Å². The zero-order valence-corrected chi connectivity index (χ0v) is 11.2. The Kier molecular flexibility index (Phi) is 6.74. The number of para-hydroxylation sites is 1. The number of rotatable bonds is 7. The number of hydrogen-bond acceptors (Lipinski definition) is 3. The first kappa shape index (κ1) is 15.3. The number of aliphatic hydroxyl groups excluding tert-OH is 1. The number of nitrogens with one attached hydrogen (secondary N) is 2. The Labute approximate surface area is 113 Å². The highest BCUT2D eigenvalue weighted by Crippen LogP contribution is 2.15. The zero-order chi connectivity index (χ0) is 14.1. The van der Waals surface area contributed by atoms with E-state index in [9.17, 15) is 9.90 Å². The van der Waals surface area contributed by atoms with Gasteiger partial charge in [-0.2, -0.15) is 0 Å². The summed E-state index contributed by atoms with van der Waals surface area (Å²) in [6.45, 7) is 2.51. The molecule has 1 atom stereocenters. The molecule has 0 saturated heterocycles. The van der Waals surface area contributed by atoms with E-state index in [0.29, 0.717) is 19.4 Å². The van der Waals surface area contributed by atoms with Crippen molar-refractivity contribution >= 4 is 6.03 Å². The molecule has 106 valence electrons. The molecule has 5 heteroatoms. The second kappa shape index (κ2) is 8.37. The Hall–Kier alpha value is -1.75. The summed E-state index contributed by atoms with van der Waals surface area (Å²) in [6.07, 6.45) is 2.02. The average Bonchev–Trinajstić information content (AvgIpc) is 2.38. The maximum absolute atomic E-state index is 11.5. The first-order chi connectivity index (χ1) is 9.13. The van der Waals surface area contributed by atoms with Gasteiger partial charge in [-0.25, -0.2) is 4.79 Å². The van der Waals surface area contributed by atoms with Crippen molar-refractivity contribution in [3.05, 3.63) is 29.8 Å². The van der Waals surface area contributed by atoms with Crippen molar-refractivity contribution in [1.82, 2.24) is 10.6 Å². The first-order valence-electron chi connectivity index (χ1n) is 6.55. The van der Waals surface area contributed by atoms with E-state index in [4.69, 9.17) is 5.11 Å². The van der Waals surface area contributed by atoms with Crippen LogP contribution >= 0.6 is 0 Å². The van der Waals surface area contributed by atoms with Gasteiger partial charge in [0.15, 0.2) is 0 Å². The number of amides is 2. The van der Waals surface area contributed by atoms with Crippen molar-refractivity contribution in [1.29, 1.82) is 0 Å². The lowest BCUT2D eigenvalue weighted by Gasteiger charge is -2.14. The fourth-order valence-corrected chi connectivity index (χ4v) is 1.78. The van der Waals surface area contributed by atoms with Crippen LogP contribution < -0.4 is 10.6 Å². The third-order valence-electron chi connectivity index (χ3n) is 2.84. The van der Waals surface area contributed by atoms with Gasteiger partial charge in [-0.3, -0.25) is 0 Å². The van der Waals surface area contributed by atoms with E-state index in [1.165, 1.54) is 0 Å². The molecular weight excluding hydrogens is 244 g/mol. The van der Waals surface area contributed by atoms with Gasteiger partial charge >= 0.3 is 6.03 Å². The average molecular weight is 266 g/mol. The van der Waals surface area contributed by atoms with Crippen LogP contribution in [0.1, 0.15) is 25.3 Å². The van der Waals surface area contributed by atoms with Crippen molar-refractivity contribution in [3.63, 3.8) is 0 Å². The van der Waals surface area contributed by atoms with Gasteiger partial charge in [-0.1, -0.05) is 18.2 Å². The van der Waals surface area contributed by atoms with E-state index in [-0.39, 0.29) is 24.4 Å². The molecule has 0 spiro atoms. The van der Waals surface area contributed by atoms with Crippen molar-refractivity contribution in [3.8, 4) is 5.75 Å². The number of benzene rings is 1. The molecule has 0 aliphatic carbocycles. The molecule has 0 aliphatic heterocycles. The number of phenols is 1. The van der Waals surface area contributed by atoms with Crippen LogP contribution in [0.4, 0.5) is 4.79 Å². The molecule has 4 N–H and O–H groups in total. The molecule has 0 aromatic heterocycles. The van der Waals surface area contributed by atoms with Crippen LogP contribution in [-0.4, -0.2) is 35.4 Å². The van der Waals surface area contributed by atoms with Crippen LogP contribution in [0.2, 0.25) is 0 Å². The standard InChI is InChI=1S/C14H22N2O3/c1-11(5-4-10-17)16-14(19)15-9-8-12-6-2-3-7-13(12)18/h2-3,6-7,11,17-18H,4-5,8-10H2,1H3,(H2,15,16,19). The molecule has 0 aliphatic rings. The zero-order valence-electron chi connectivity index (χ0n) is 11.2. The summed E-state index contributed by atoms with van der Waals surface area (Å²) in [7, 11) is 0. The Bertz CT molecular complexity index is 396. The molecule has 1 aromatic carbocycles. The quantitative estimate of drug-likeness (QED) is 0.602. The van der Waals surface area contributed by atoms with Crippen molar-refractivity contribution in [2.75, 3.05) is 13.2 Å². The molecule has 19 heavy (non-hydrogen) atoms. The number of hydrogen-bond donors (Lipinski definition) is 4. The van der Waals surface area contributed by atoms with Gasteiger partial charge in [0.05, 0.1) is 0 Å². The van der Waals surface area contributed by atoms with Crippen LogP contribution in [0.3, 0.4) is 0 Å². The molecule has 0 radical (unpaired) electrons. The third-order valence-corrected chi connectivity index (χ3v) is 2.84. The Morgan fingerprint density at radius 3 is 2.79 bits per heavy atom. The monoisotopic (exact) mass is 266 g/mol. The highest BCUT2D eigenvalue weighted by molar-refractivity contribution is 5.74. The lowest BCUT2D eigenvalue weighted by molar-refractivity contribution is 0.234. The second-order valence-corrected chi connectivity index (χ2v) is 4.55. The number of phenolic OH excluding ortho intramolecular Hbond substituents is 1. The molecule has 1 unspecified atom stereocenters. The highest BCUT2D eigenvalue weighted by Gasteiger charge is 2.06. The Balaban J connectivity index is 2.22. The molecule has 0 fully saturated rings. The lowest BCUT2D eigenvalue weighted by Crippen LogP contribution is -2.41. The second-order valence-electron chi connectivity index (χ2n) is 4.55. The van der Waals surface area contributed by atoms with E-state index < -0.39 is 0 Å². The van der Waals surface area contributed by atoms with E-state index in [1.54, 1.807) is 12.1 Å². The molecule has 0 bridgehead atoms. The number of carbonyl (C=O) groups is 1. The van der Waals surface area contributed by atoms with Gasteiger partial charge in [0.2, 0.25) is 0 Å². The fourth-order valence-electron chi connectivity index (χ4n) is 1.78. The van der Waals surface area contributed by atoms with Gasteiger partial charge in [0.1, 0.15) is 5.75 Å². The minimum atomic E-state index is -0.221. The van der Waals surface area contributed by atoms with E-state index in [2.05, 4.69) is 10.6 Å². The van der Waals surface area contributed by atoms with Crippen molar-refractivity contribution < 1.29 is 15.0 Å². The topological polar surface area (TPSA) is 81.6 Å². The van der Waals surface area contributed by atoms with Gasteiger partial charge in [-0.05, 0) is 37.8 Å². The molecule has 2 amide bonds. The van der Waals surface area contributed by atoms with Crippen LogP contribution in [-0.2, 0) is 6.42 Å². The van der Waals surface area contributed by atoms with Gasteiger partial charge in [-0.15, -0.1) is 0 Å². The minimum Gasteiger partial charge on any atom is -0.508 e. The predicted octanol–water partition coefficient (Wildman–Crippen LogP) is 1.39. The van der Waals surface area contributed by atoms with Crippen LogP contribution in [0.5, 0.6) is 5.75 Å². The van der Waals surface area contributed by atoms with E-state index >= 15 is 0 Å². The Morgan fingerprint density at radius 2 is 2.11 bits per heavy atom. The van der Waals surface area contributed by atoms with Crippen molar-refractivity contribution in [2.45, 2.75) is 32.2 Å². The van der Waals surface area contributed by atoms with Gasteiger partial charge in [0.25, 0.3) is 0 Å². The maximum atomic E-state index is 11.5. The summed E-state index contributed by atoms with van der Waals surface area (Å²) in [6, 6.07) is 6.90. The smallest absolute Gasteiger partial charge is 0.315 e. The molecule has 0 saturated carbocycles. The summed E-state index contributed by atoms with van der Waals surface area (Å²) in [5, 5.41) is 23.8. The lowest BCUT2D eigenvalue weighted by atomic mass is 10.1. The summed E-state index contributed by atoms with van der Waals surface area (Å²) in [5.41, 5.74) is 0.816. The summed E-state index contributed by atoms with van der Waals surface area (Å²) in [5.74, 6) is 0.251. The fraction of sp³-hybridized carbons (Fsp3) is 0.500. The van der Waals surface area contributed by atoms with Crippen LogP contribution in [0, 0.1) is 0 Å². The highest BCUT2D eigenvalue weighted by atomic mass is 16.3. The number of aliphatic hydroxyl groups is 1. The third kappa shape index (κ3) is 6.10. The normalized spacial score (nSPS) is 11.9. The molecular formula is C14H22N2O3. The molecule has 5 nitrogen and oxygen atoms in total. The minimum absolute atomic E-state index is 0.0391. The van der Waals surface area contributed by atoms with E-state index in [0.717, 1.165) is 12.0 Å². The van der Waals surface area contributed by atoms with Crippen LogP contribution in [0.25, 0.3) is 0 Å². The van der Waals surface area contributed by atoms with Gasteiger partial charge < -0.3 is 20.8 Å². The largest absolute Gasteiger partial charge is 0.508 e. The summed E-state index contributed by atoms with van der Waals surface area (Å²) in [4.78, 5) is 11.5. The number of urea groups is 1.